The molecule has 5 nitrogen and oxygen atoms in total. The second-order valence-corrected chi connectivity index (χ2v) is 5.47. The molecule has 3 heterocycles. The maximum atomic E-state index is 9.61. The summed E-state index contributed by atoms with van der Waals surface area (Å²) in [5, 5.41) is 15.6. The summed E-state index contributed by atoms with van der Waals surface area (Å²) in [6.07, 6.45) is 1.70. The van der Waals surface area contributed by atoms with Crippen molar-refractivity contribution in [3.8, 4) is 10.8 Å². The zero-order valence-corrected chi connectivity index (χ0v) is 10.8. The largest absolute Gasteiger partial charge is 0.392 e. The molecule has 0 amide bonds. The quantitative estimate of drug-likeness (QED) is 0.916. The highest BCUT2D eigenvalue weighted by molar-refractivity contribution is 7.13. The van der Waals surface area contributed by atoms with Crippen molar-refractivity contribution in [2.75, 3.05) is 13.1 Å². The fourth-order valence-electron chi connectivity index (χ4n) is 2.19. The van der Waals surface area contributed by atoms with Gasteiger partial charge in [-0.2, -0.15) is 4.98 Å². The van der Waals surface area contributed by atoms with Crippen LogP contribution in [0.15, 0.2) is 22.0 Å². The number of hydrogen-bond acceptors (Lipinski definition) is 6. The summed E-state index contributed by atoms with van der Waals surface area (Å²) in [5.41, 5.74) is 0. The fraction of sp³-hybridized carbons (Fsp3) is 0.500. The Labute approximate surface area is 109 Å². The summed E-state index contributed by atoms with van der Waals surface area (Å²) in [4.78, 5) is 7.54. The molecule has 2 aromatic heterocycles. The van der Waals surface area contributed by atoms with Gasteiger partial charge in [0.2, 0.25) is 0 Å². The lowest BCUT2D eigenvalue weighted by Crippen LogP contribution is -2.37. The lowest BCUT2D eigenvalue weighted by molar-refractivity contribution is 0.0651. The topological polar surface area (TPSA) is 62.4 Å². The summed E-state index contributed by atoms with van der Waals surface area (Å²) in [5.74, 6) is 1.27. The third-order valence-corrected chi connectivity index (χ3v) is 3.90. The van der Waals surface area contributed by atoms with Gasteiger partial charge in [-0.05, 0) is 30.8 Å². The number of aliphatic hydroxyl groups is 1. The minimum atomic E-state index is -0.220. The Morgan fingerprint density at radius 2 is 2.50 bits per heavy atom. The Kier molecular flexibility index (Phi) is 3.40. The van der Waals surface area contributed by atoms with Crippen LogP contribution < -0.4 is 0 Å². The summed E-state index contributed by atoms with van der Waals surface area (Å²) >= 11 is 1.59. The minimum absolute atomic E-state index is 0.220. The average molecular weight is 265 g/mol. The van der Waals surface area contributed by atoms with Crippen molar-refractivity contribution in [2.45, 2.75) is 25.5 Å². The molecule has 18 heavy (non-hydrogen) atoms. The number of β-amino-alcohol motifs (C(OH)–C–C–N with tert-alkyl or cyclic N) is 1. The molecule has 1 N–H and O–H groups in total. The highest BCUT2D eigenvalue weighted by Gasteiger charge is 2.19. The lowest BCUT2D eigenvalue weighted by atomic mass is 10.1. The van der Waals surface area contributed by atoms with Gasteiger partial charge in [0, 0.05) is 6.54 Å². The molecule has 96 valence electrons. The third-order valence-electron chi connectivity index (χ3n) is 3.05. The Morgan fingerprint density at radius 1 is 1.56 bits per heavy atom. The van der Waals surface area contributed by atoms with Crippen LogP contribution in [0.5, 0.6) is 0 Å². The van der Waals surface area contributed by atoms with Crippen LogP contribution in [0.25, 0.3) is 10.8 Å². The van der Waals surface area contributed by atoms with Crippen LogP contribution >= 0.6 is 11.3 Å². The predicted octanol–water partition coefficient (Wildman–Crippen LogP) is 1.75. The Balaban J connectivity index is 1.66. The summed E-state index contributed by atoms with van der Waals surface area (Å²) < 4.78 is 5.24. The zero-order chi connectivity index (χ0) is 12.4. The SMILES string of the molecule is OC1CCCN(Cc2noc(-c3cccs3)n2)C1. The van der Waals surface area contributed by atoms with Crippen molar-refractivity contribution >= 4 is 11.3 Å². The van der Waals surface area contributed by atoms with Gasteiger partial charge in [-0.3, -0.25) is 4.90 Å². The number of hydrogen-bond donors (Lipinski definition) is 1. The Morgan fingerprint density at radius 3 is 3.28 bits per heavy atom. The predicted molar refractivity (Wildman–Crippen MR) is 68.1 cm³/mol. The average Bonchev–Trinajstić information content (AvgIpc) is 2.98. The molecule has 1 aliphatic heterocycles. The van der Waals surface area contributed by atoms with Gasteiger partial charge in [0.15, 0.2) is 5.82 Å². The monoisotopic (exact) mass is 265 g/mol. The van der Waals surface area contributed by atoms with Crippen molar-refractivity contribution in [2.24, 2.45) is 0 Å². The number of likely N-dealkylation sites (tertiary alicyclic amines) is 1. The molecular weight excluding hydrogens is 250 g/mol. The Hall–Kier alpha value is -1.24. The fourth-order valence-corrected chi connectivity index (χ4v) is 2.84. The van der Waals surface area contributed by atoms with Gasteiger partial charge >= 0.3 is 0 Å². The molecule has 2 aromatic rings. The molecule has 0 bridgehead atoms. The van der Waals surface area contributed by atoms with Crippen LogP contribution in [0.1, 0.15) is 18.7 Å². The van der Waals surface area contributed by atoms with E-state index in [0.717, 1.165) is 24.3 Å². The van der Waals surface area contributed by atoms with Gasteiger partial charge in [0.05, 0.1) is 17.5 Å². The van der Waals surface area contributed by atoms with Crippen LogP contribution in [0.2, 0.25) is 0 Å². The smallest absolute Gasteiger partial charge is 0.268 e. The first-order valence-electron chi connectivity index (χ1n) is 6.08. The molecule has 0 radical (unpaired) electrons. The van der Waals surface area contributed by atoms with E-state index in [1.807, 2.05) is 17.5 Å². The van der Waals surface area contributed by atoms with Crippen LogP contribution in [0.4, 0.5) is 0 Å². The number of piperidine rings is 1. The molecule has 1 fully saturated rings. The molecule has 0 aliphatic carbocycles. The summed E-state index contributed by atoms with van der Waals surface area (Å²) in [6.45, 7) is 2.33. The zero-order valence-electron chi connectivity index (χ0n) is 9.95. The van der Waals surface area contributed by atoms with Crippen molar-refractivity contribution in [1.29, 1.82) is 0 Å². The van der Waals surface area contributed by atoms with E-state index in [1.165, 1.54) is 0 Å². The molecule has 6 heteroatoms. The van der Waals surface area contributed by atoms with Crippen molar-refractivity contribution < 1.29 is 9.63 Å². The maximum Gasteiger partial charge on any atom is 0.268 e. The number of nitrogens with zero attached hydrogens (tertiary/aromatic N) is 3. The van der Waals surface area contributed by atoms with Crippen LogP contribution in [0.3, 0.4) is 0 Å². The minimum Gasteiger partial charge on any atom is -0.392 e. The molecule has 0 spiro atoms. The van der Waals surface area contributed by atoms with E-state index < -0.39 is 0 Å². The van der Waals surface area contributed by atoms with Gasteiger partial charge in [-0.1, -0.05) is 11.2 Å². The normalized spacial score (nSPS) is 21.3. The number of aliphatic hydroxyl groups excluding tert-OH is 1. The molecular formula is C12H15N3O2S. The van der Waals surface area contributed by atoms with Crippen molar-refractivity contribution in [1.82, 2.24) is 15.0 Å². The van der Waals surface area contributed by atoms with Crippen molar-refractivity contribution in [3.63, 3.8) is 0 Å². The van der Waals surface area contributed by atoms with Gasteiger partial charge in [-0.25, -0.2) is 0 Å². The summed E-state index contributed by atoms with van der Waals surface area (Å²) in [7, 11) is 0. The summed E-state index contributed by atoms with van der Waals surface area (Å²) in [6, 6.07) is 3.93. The van der Waals surface area contributed by atoms with E-state index in [9.17, 15) is 5.11 Å². The standard InChI is InChI=1S/C12H15N3O2S/c16-9-3-1-5-15(7-9)8-11-13-12(17-14-11)10-4-2-6-18-10/h2,4,6,9,16H,1,3,5,7-8H2. The van der Waals surface area contributed by atoms with E-state index in [0.29, 0.717) is 24.8 Å². The molecule has 0 aromatic carbocycles. The van der Waals surface area contributed by atoms with Crippen LogP contribution in [0, 0.1) is 0 Å². The molecule has 3 rings (SSSR count). The van der Waals surface area contributed by atoms with Crippen LogP contribution in [-0.4, -0.2) is 39.3 Å². The van der Waals surface area contributed by atoms with Crippen molar-refractivity contribution in [3.05, 3.63) is 23.3 Å². The second-order valence-electron chi connectivity index (χ2n) is 4.52. The molecule has 1 unspecified atom stereocenters. The van der Waals surface area contributed by atoms with E-state index in [-0.39, 0.29) is 6.10 Å². The lowest BCUT2D eigenvalue weighted by Gasteiger charge is -2.28. The maximum absolute atomic E-state index is 9.61. The van der Waals surface area contributed by atoms with E-state index in [2.05, 4.69) is 15.0 Å². The van der Waals surface area contributed by atoms with E-state index in [4.69, 9.17) is 4.52 Å². The van der Waals surface area contributed by atoms with Gasteiger partial charge < -0.3 is 9.63 Å². The second kappa shape index (κ2) is 5.17. The Bertz CT molecular complexity index is 497. The number of rotatable bonds is 3. The third kappa shape index (κ3) is 2.60. The highest BCUT2D eigenvalue weighted by Crippen LogP contribution is 2.23. The van der Waals surface area contributed by atoms with E-state index in [1.54, 1.807) is 11.3 Å². The van der Waals surface area contributed by atoms with Gasteiger partial charge in [-0.15, -0.1) is 11.3 Å². The molecule has 1 aliphatic rings. The molecule has 1 atom stereocenters. The van der Waals surface area contributed by atoms with Gasteiger partial charge in [0.1, 0.15) is 0 Å². The van der Waals surface area contributed by atoms with Crippen LogP contribution in [-0.2, 0) is 6.54 Å². The number of aromatic nitrogens is 2. The van der Waals surface area contributed by atoms with Gasteiger partial charge in [0.25, 0.3) is 5.89 Å². The molecule has 1 saturated heterocycles. The first-order chi connectivity index (χ1) is 8.81. The first kappa shape index (κ1) is 11.8. The first-order valence-corrected chi connectivity index (χ1v) is 6.96. The number of thiophene rings is 1. The van der Waals surface area contributed by atoms with E-state index >= 15 is 0 Å². The molecule has 0 saturated carbocycles. The highest BCUT2D eigenvalue weighted by atomic mass is 32.1.